The van der Waals surface area contributed by atoms with E-state index in [1.807, 2.05) is 11.9 Å². The minimum atomic E-state index is -0.299. The summed E-state index contributed by atoms with van der Waals surface area (Å²) < 4.78 is 0. The van der Waals surface area contributed by atoms with Gasteiger partial charge in [-0.1, -0.05) is 33.1 Å². The number of carbonyl (C=O) groups excluding carboxylic acids is 1. The number of hydrogen-bond acceptors (Lipinski definition) is 2. The number of likely N-dealkylation sites (N-methyl/N-ethyl adjacent to an activating group) is 1. The van der Waals surface area contributed by atoms with Crippen molar-refractivity contribution in [2.24, 2.45) is 11.7 Å². The van der Waals surface area contributed by atoms with Gasteiger partial charge in [0.15, 0.2) is 0 Å². The maximum absolute atomic E-state index is 12.0. The highest BCUT2D eigenvalue weighted by atomic mass is 16.2. The molecule has 1 fully saturated rings. The van der Waals surface area contributed by atoms with Crippen LogP contribution in [-0.2, 0) is 4.79 Å². The van der Waals surface area contributed by atoms with E-state index in [1.54, 1.807) is 0 Å². The van der Waals surface area contributed by atoms with Gasteiger partial charge in [0.2, 0.25) is 5.91 Å². The summed E-state index contributed by atoms with van der Waals surface area (Å²) in [6.07, 6.45) is 6.60. The number of amides is 1. The van der Waals surface area contributed by atoms with Crippen molar-refractivity contribution in [3.05, 3.63) is 0 Å². The number of carbonyl (C=O) groups is 1. The molecule has 0 saturated heterocycles. The first-order chi connectivity index (χ1) is 7.56. The molecule has 1 aliphatic carbocycles. The lowest BCUT2D eigenvalue weighted by Crippen LogP contribution is -2.47. The van der Waals surface area contributed by atoms with Gasteiger partial charge in [0.25, 0.3) is 0 Å². The SMILES string of the molecule is CCC[C@H](N)C(=O)N(C)C1CCCC(C)C1. The maximum atomic E-state index is 12.0. The monoisotopic (exact) mass is 226 g/mol. The topological polar surface area (TPSA) is 46.3 Å². The third-order valence-corrected chi connectivity index (χ3v) is 3.72. The summed E-state index contributed by atoms with van der Waals surface area (Å²) in [6, 6.07) is 0.117. The normalized spacial score (nSPS) is 27.5. The molecular weight excluding hydrogens is 200 g/mol. The van der Waals surface area contributed by atoms with Crippen LogP contribution in [0.25, 0.3) is 0 Å². The molecule has 0 radical (unpaired) electrons. The van der Waals surface area contributed by atoms with E-state index >= 15 is 0 Å². The Morgan fingerprint density at radius 3 is 2.75 bits per heavy atom. The molecule has 0 aromatic rings. The summed E-state index contributed by atoms with van der Waals surface area (Å²) in [6.45, 7) is 4.34. The molecule has 3 atom stereocenters. The first-order valence-corrected chi connectivity index (χ1v) is 6.58. The third kappa shape index (κ3) is 3.48. The van der Waals surface area contributed by atoms with E-state index in [-0.39, 0.29) is 11.9 Å². The van der Waals surface area contributed by atoms with Crippen LogP contribution >= 0.6 is 0 Å². The standard InChI is InChI=1S/C13H26N2O/c1-4-6-12(14)13(16)15(3)11-8-5-7-10(2)9-11/h10-12H,4-9,14H2,1-3H3/t10?,11?,12-/m0/s1. The molecular formula is C13H26N2O. The molecule has 0 aliphatic heterocycles. The lowest BCUT2D eigenvalue weighted by molar-refractivity contribution is -0.134. The molecule has 1 aliphatic rings. The van der Waals surface area contributed by atoms with Gasteiger partial charge >= 0.3 is 0 Å². The van der Waals surface area contributed by atoms with Crippen molar-refractivity contribution in [3.63, 3.8) is 0 Å². The van der Waals surface area contributed by atoms with Gasteiger partial charge < -0.3 is 10.6 Å². The van der Waals surface area contributed by atoms with Crippen molar-refractivity contribution < 1.29 is 4.79 Å². The largest absolute Gasteiger partial charge is 0.341 e. The minimum absolute atomic E-state index is 0.126. The zero-order valence-corrected chi connectivity index (χ0v) is 10.9. The maximum Gasteiger partial charge on any atom is 0.239 e. The molecule has 0 aromatic heterocycles. The average Bonchev–Trinajstić information content (AvgIpc) is 2.27. The quantitative estimate of drug-likeness (QED) is 0.798. The van der Waals surface area contributed by atoms with Gasteiger partial charge in [-0.3, -0.25) is 4.79 Å². The lowest BCUT2D eigenvalue weighted by atomic mass is 9.86. The Kier molecular flexibility index (Phi) is 5.26. The van der Waals surface area contributed by atoms with Crippen LogP contribution in [-0.4, -0.2) is 29.9 Å². The molecule has 1 rings (SSSR count). The molecule has 0 aromatic carbocycles. The van der Waals surface area contributed by atoms with E-state index in [9.17, 15) is 4.79 Å². The highest BCUT2D eigenvalue weighted by Crippen LogP contribution is 2.26. The Balaban J connectivity index is 2.48. The fraction of sp³-hybridized carbons (Fsp3) is 0.923. The van der Waals surface area contributed by atoms with E-state index in [1.165, 1.54) is 12.8 Å². The highest BCUT2D eigenvalue weighted by Gasteiger charge is 2.27. The summed E-state index contributed by atoms with van der Waals surface area (Å²) in [4.78, 5) is 13.9. The second-order valence-electron chi connectivity index (χ2n) is 5.27. The van der Waals surface area contributed by atoms with Crippen molar-refractivity contribution in [2.45, 2.75) is 64.5 Å². The Morgan fingerprint density at radius 1 is 1.50 bits per heavy atom. The van der Waals surface area contributed by atoms with Gasteiger partial charge in [0, 0.05) is 13.1 Å². The molecule has 3 heteroatoms. The van der Waals surface area contributed by atoms with Crippen LogP contribution in [0.1, 0.15) is 52.4 Å². The van der Waals surface area contributed by atoms with Crippen LogP contribution in [0.15, 0.2) is 0 Å². The fourth-order valence-corrected chi connectivity index (χ4v) is 2.63. The molecule has 1 saturated carbocycles. The van der Waals surface area contributed by atoms with Gasteiger partial charge in [-0.2, -0.15) is 0 Å². The molecule has 2 unspecified atom stereocenters. The van der Waals surface area contributed by atoms with Gasteiger partial charge in [-0.15, -0.1) is 0 Å². The summed E-state index contributed by atoms with van der Waals surface area (Å²) >= 11 is 0. The van der Waals surface area contributed by atoms with E-state index in [2.05, 4.69) is 13.8 Å². The Labute approximate surface area is 99.4 Å². The van der Waals surface area contributed by atoms with Gasteiger partial charge in [0.05, 0.1) is 6.04 Å². The fourth-order valence-electron chi connectivity index (χ4n) is 2.63. The van der Waals surface area contributed by atoms with E-state index in [0.717, 1.165) is 31.6 Å². The molecule has 1 amide bonds. The lowest BCUT2D eigenvalue weighted by Gasteiger charge is -2.35. The highest BCUT2D eigenvalue weighted by molar-refractivity contribution is 5.81. The average molecular weight is 226 g/mol. The van der Waals surface area contributed by atoms with Crippen LogP contribution < -0.4 is 5.73 Å². The molecule has 0 spiro atoms. The molecule has 0 bridgehead atoms. The van der Waals surface area contributed by atoms with Gasteiger partial charge in [-0.25, -0.2) is 0 Å². The van der Waals surface area contributed by atoms with Gasteiger partial charge in [-0.05, 0) is 25.2 Å². The first-order valence-electron chi connectivity index (χ1n) is 6.58. The number of nitrogens with two attached hydrogens (primary N) is 1. The van der Waals surface area contributed by atoms with Crippen molar-refractivity contribution in [1.82, 2.24) is 4.90 Å². The number of hydrogen-bond donors (Lipinski definition) is 1. The zero-order valence-electron chi connectivity index (χ0n) is 10.9. The van der Waals surface area contributed by atoms with Crippen molar-refractivity contribution in [3.8, 4) is 0 Å². The summed E-state index contributed by atoms with van der Waals surface area (Å²) in [7, 11) is 1.92. The Morgan fingerprint density at radius 2 is 2.19 bits per heavy atom. The summed E-state index contributed by atoms with van der Waals surface area (Å²) in [5.74, 6) is 0.873. The van der Waals surface area contributed by atoms with Gasteiger partial charge in [0.1, 0.15) is 0 Å². The number of nitrogens with zero attached hydrogens (tertiary/aromatic N) is 1. The van der Waals surface area contributed by atoms with Crippen LogP contribution in [0.5, 0.6) is 0 Å². The predicted molar refractivity (Wildman–Crippen MR) is 67.1 cm³/mol. The van der Waals surface area contributed by atoms with Crippen molar-refractivity contribution >= 4 is 5.91 Å². The van der Waals surface area contributed by atoms with E-state index in [4.69, 9.17) is 5.73 Å². The summed E-state index contributed by atoms with van der Waals surface area (Å²) in [5, 5.41) is 0. The third-order valence-electron chi connectivity index (χ3n) is 3.72. The van der Waals surface area contributed by atoms with Crippen LogP contribution in [0, 0.1) is 5.92 Å². The number of rotatable bonds is 4. The molecule has 94 valence electrons. The summed E-state index contributed by atoms with van der Waals surface area (Å²) in [5.41, 5.74) is 5.88. The van der Waals surface area contributed by atoms with Crippen LogP contribution in [0.3, 0.4) is 0 Å². The second-order valence-corrected chi connectivity index (χ2v) is 5.27. The Hall–Kier alpha value is -0.570. The molecule has 3 nitrogen and oxygen atoms in total. The zero-order chi connectivity index (χ0) is 12.1. The van der Waals surface area contributed by atoms with Crippen molar-refractivity contribution in [2.75, 3.05) is 7.05 Å². The van der Waals surface area contributed by atoms with E-state index < -0.39 is 0 Å². The van der Waals surface area contributed by atoms with Crippen LogP contribution in [0.4, 0.5) is 0 Å². The first kappa shape index (κ1) is 13.5. The smallest absolute Gasteiger partial charge is 0.239 e. The van der Waals surface area contributed by atoms with Crippen molar-refractivity contribution in [1.29, 1.82) is 0 Å². The minimum Gasteiger partial charge on any atom is -0.341 e. The predicted octanol–water partition coefficient (Wildman–Crippen LogP) is 2.15. The molecule has 16 heavy (non-hydrogen) atoms. The molecule has 2 N–H and O–H groups in total. The molecule has 0 heterocycles. The second kappa shape index (κ2) is 6.24. The Bertz CT molecular complexity index is 230. The van der Waals surface area contributed by atoms with Crippen LogP contribution in [0.2, 0.25) is 0 Å². The van der Waals surface area contributed by atoms with E-state index in [0.29, 0.717) is 6.04 Å².